The Bertz CT molecular complexity index is 699. The van der Waals surface area contributed by atoms with Crippen LogP contribution >= 0.6 is 22.6 Å². The van der Waals surface area contributed by atoms with E-state index in [1.54, 1.807) is 30.3 Å². The van der Waals surface area contributed by atoms with E-state index in [1.807, 2.05) is 37.2 Å². The van der Waals surface area contributed by atoms with Gasteiger partial charge in [-0.2, -0.15) is 0 Å². The Morgan fingerprint density at radius 1 is 1.13 bits per heavy atom. The van der Waals surface area contributed by atoms with Gasteiger partial charge in [-0.05, 0) is 65.1 Å². The van der Waals surface area contributed by atoms with E-state index in [9.17, 15) is 9.59 Å². The largest absolute Gasteiger partial charge is 0.452 e. The Kier molecular flexibility index (Phi) is 5.97. The molecule has 0 unspecified atom stereocenters. The van der Waals surface area contributed by atoms with Crippen molar-refractivity contribution in [2.24, 2.45) is 0 Å². The summed E-state index contributed by atoms with van der Waals surface area (Å²) < 4.78 is 6.13. The molecule has 0 aliphatic carbocycles. The summed E-state index contributed by atoms with van der Waals surface area (Å²) in [6.45, 7) is -0.322. The highest BCUT2D eigenvalue weighted by Gasteiger charge is 2.11. The second-order valence-electron chi connectivity index (χ2n) is 5.08. The molecule has 1 N–H and O–H groups in total. The maximum Gasteiger partial charge on any atom is 0.338 e. The van der Waals surface area contributed by atoms with E-state index in [4.69, 9.17) is 4.74 Å². The van der Waals surface area contributed by atoms with Gasteiger partial charge in [-0.25, -0.2) is 4.79 Å². The Balaban J connectivity index is 1.89. The highest BCUT2D eigenvalue weighted by molar-refractivity contribution is 14.1. The maximum absolute atomic E-state index is 12.0. The van der Waals surface area contributed by atoms with Crippen LogP contribution in [0, 0.1) is 3.57 Å². The number of nitrogens with one attached hydrogen (secondary N) is 1. The molecule has 120 valence electrons. The number of esters is 1. The molecule has 0 aliphatic rings. The number of carbonyl (C=O) groups excluding carboxylic acids is 2. The minimum absolute atomic E-state index is 0.322. The summed E-state index contributed by atoms with van der Waals surface area (Å²) in [5.74, 6) is -0.894. The first-order chi connectivity index (χ1) is 11.0. The first kappa shape index (κ1) is 17.3. The Morgan fingerprint density at radius 2 is 1.83 bits per heavy atom. The van der Waals surface area contributed by atoms with Gasteiger partial charge in [0.15, 0.2) is 6.61 Å². The molecule has 0 bridgehead atoms. The summed E-state index contributed by atoms with van der Waals surface area (Å²) in [5.41, 5.74) is 1.97. The van der Waals surface area contributed by atoms with Crippen LogP contribution in [0.5, 0.6) is 0 Å². The summed E-state index contributed by atoms with van der Waals surface area (Å²) in [6, 6.07) is 14.4. The van der Waals surface area contributed by atoms with Crippen molar-refractivity contribution in [3.8, 4) is 0 Å². The van der Waals surface area contributed by atoms with E-state index in [0.29, 0.717) is 11.3 Å². The highest BCUT2D eigenvalue weighted by atomic mass is 127. The van der Waals surface area contributed by atoms with Gasteiger partial charge < -0.3 is 15.0 Å². The zero-order chi connectivity index (χ0) is 16.8. The number of hydrogen-bond donors (Lipinski definition) is 1. The van der Waals surface area contributed by atoms with Crippen molar-refractivity contribution < 1.29 is 14.3 Å². The van der Waals surface area contributed by atoms with Gasteiger partial charge in [-0.1, -0.05) is 6.07 Å². The van der Waals surface area contributed by atoms with Gasteiger partial charge in [0, 0.05) is 29.0 Å². The zero-order valence-electron chi connectivity index (χ0n) is 12.9. The van der Waals surface area contributed by atoms with E-state index >= 15 is 0 Å². The molecule has 0 radical (unpaired) electrons. The summed E-state index contributed by atoms with van der Waals surface area (Å²) in [6.07, 6.45) is 0. The molecule has 0 aromatic heterocycles. The molecule has 2 aromatic carbocycles. The predicted molar refractivity (Wildman–Crippen MR) is 98.8 cm³/mol. The molecule has 23 heavy (non-hydrogen) atoms. The fourth-order valence-corrected chi connectivity index (χ4v) is 2.22. The van der Waals surface area contributed by atoms with Crippen LogP contribution in [0.15, 0.2) is 48.5 Å². The van der Waals surface area contributed by atoms with Crippen molar-refractivity contribution in [2.45, 2.75) is 0 Å². The van der Waals surface area contributed by atoms with Crippen LogP contribution in [0.2, 0.25) is 0 Å². The first-order valence-electron chi connectivity index (χ1n) is 6.95. The molecule has 0 fully saturated rings. The molecule has 0 heterocycles. The third-order valence-corrected chi connectivity index (χ3v) is 3.78. The van der Waals surface area contributed by atoms with Gasteiger partial charge in [-0.3, -0.25) is 4.79 Å². The molecule has 2 rings (SSSR count). The van der Waals surface area contributed by atoms with Crippen LogP contribution in [0.3, 0.4) is 0 Å². The molecule has 5 nitrogen and oxygen atoms in total. The number of halogens is 1. The lowest BCUT2D eigenvalue weighted by Gasteiger charge is -2.13. The smallest absolute Gasteiger partial charge is 0.338 e. The molecule has 0 spiro atoms. The van der Waals surface area contributed by atoms with E-state index in [1.165, 1.54) is 0 Å². The van der Waals surface area contributed by atoms with E-state index in [-0.39, 0.29) is 12.5 Å². The van der Waals surface area contributed by atoms with Gasteiger partial charge >= 0.3 is 5.97 Å². The number of carbonyl (C=O) groups is 2. The lowest BCUT2D eigenvalue weighted by Crippen LogP contribution is -2.21. The summed E-state index contributed by atoms with van der Waals surface area (Å²) in [5, 5.41) is 2.68. The second-order valence-corrected chi connectivity index (χ2v) is 6.32. The fourth-order valence-electron chi connectivity index (χ4n) is 1.86. The van der Waals surface area contributed by atoms with E-state index in [0.717, 1.165) is 9.26 Å². The number of nitrogens with zero attached hydrogens (tertiary/aromatic N) is 1. The monoisotopic (exact) mass is 424 g/mol. The van der Waals surface area contributed by atoms with Crippen LogP contribution in [-0.4, -0.2) is 32.6 Å². The number of rotatable bonds is 5. The number of anilines is 2. The average molecular weight is 424 g/mol. The van der Waals surface area contributed by atoms with Gasteiger partial charge in [0.25, 0.3) is 5.91 Å². The van der Waals surface area contributed by atoms with Crippen LogP contribution in [0.1, 0.15) is 10.4 Å². The van der Waals surface area contributed by atoms with Crippen molar-refractivity contribution >= 4 is 45.8 Å². The molecular weight excluding hydrogens is 407 g/mol. The topological polar surface area (TPSA) is 58.6 Å². The first-order valence-corrected chi connectivity index (χ1v) is 8.03. The van der Waals surface area contributed by atoms with E-state index < -0.39 is 5.97 Å². The normalized spacial score (nSPS) is 10.0. The minimum atomic E-state index is -0.522. The maximum atomic E-state index is 12.0. The fraction of sp³-hybridized carbons (Fsp3) is 0.176. The lowest BCUT2D eigenvalue weighted by atomic mass is 10.2. The van der Waals surface area contributed by atoms with Crippen LogP contribution in [-0.2, 0) is 9.53 Å². The SMILES string of the molecule is CN(C)c1cccc(C(=O)OCC(=O)Nc2ccc(I)cc2)c1. The van der Waals surface area contributed by atoms with Crippen LogP contribution < -0.4 is 10.2 Å². The van der Waals surface area contributed by atoms with Gasteiger partial charge in [-0.15, -0.1) is 0 Å². The third kappa shape index (κ3) is 5.24. The van der Waals surface area contributed by atoms with Crippen LogP contribution in [0.4, 0.5) is 11.4 Å². The quantitative estimate of drug-likeness (QED) is 0.592. The van der Waals surface area contributed by atoms with Crippen molar-refractivity contribution in [3.63, 3.8) is 0 Å². The number of hydrogen-bond acceptors (Lipinski definition) is 4. The predicted octanol–water partition coefficient (Wildman–Crippen LogP) is 3.15. The van der Waals surface area contributed by atoms with Gasteiger partial charge in [0.1, 0.15) is 0 Å². The molecule has 0 saturated heterocycles. The van der Waals surface area contributed by atoms with E-state index in [2.05, 4.69) is 27.9 Å². The highest BCUT2D eigenvalue weighted by Crippen LogP contribution is 2.14. The molecule has 2 aromatic rings. The van der Waals surface area contributed by atoms with Crippen molar-refractivity contribution in [1.82, 2.24) is 0 Å². The summed E-state index contributed by atoms with van der Waals surface area (Å²) >= 11 is 2.18. The average Bonchev–Trinajstić information content (AvgIpc) is 2.55. The molecule has 1 amide bonds. The molecule has 6 heteroatoms. The molecule has 0 atom stereocenters. The van der Waals surface area contributed by atoms with Gasteiger partial charge in [0.2, 0.25) is 0 Å². The minimum Gasteiger partial charge on any atom is -0.452 e. The number of amides is 1. The third-order valence-electron chi connectivity index (χ3n) is 3.06. The summed E-state index contributed by atoms with van der Waals surface area (Å²) in [7, 11) is 3.78. The molecule has 0 aliphatic heterocycles. The Hall–Kier alpha value is -2.09. The Morgan fingerprint density at radius 3 is 2.48 bits per heavy atom. The lowest BCUT2D eigenvalue weighted by molar-refractivity contribution is -0.119. The zero-order valence-corrected chi connectivity index (χ0v) is 15.0. The van der Waals surface area contributed by atoms with Crippen molar-refractivity contribution in [1.29, 1.82) is 0 Å². The van der Waals surface area contributed by atoms with Crippen LogP contribution in [0.25, 0.3) is 0 Å². The second kappa shape index (κ2) is 7.96. The van der Waals surface area contributed by atoms with Crippen molar-refractivity contribution in [2.75, 3.05) is 30.9 Å². The molecular formula is C17H17IN2O3. The van der Waals surface area contributed by atoms with Gasteiger partial charge in [0.05, 0.1) is 5.56 Å². The summed E-state index contributed by atoms with van der Waals surface area (Å²) in [4.78, 5) is 25.7. The number of benzene rings is 2. The standard InChI is InChI=1S/C17H17IN2O3/c1-20(2)15-5-3-4-12(10-15)17(22)23-11-16(21)19-14-8-6-13(18)7-9-14/h3-10H,11H2,1-2H3,(H,19,21). The number of ether oxygens (including phenoxy) is 1. The Labute approximate surface area is 148 Å². The molecule has 0 saturated carbocycles. The van der Waals surface area contributed by atoms with Crippen molar-refractivity contribution in [3.05, 3.63) is 57.7 Å².